The third kappa shape index (κ3) is 2.68. The van der Waals surface area contributed by atoms with Gasteiger partial charge in [0, 0.05) is 5.56 Å². The number of rotatable bonds is 3. The minimum atomic E-state index is -0.415. The minimum Gasteiger partial charge on any atom is -0.502 e. The molecule has 4 nitrogen and oxygen atoms in total. The number of aryl methyl sites for hydroxylation is 2. The first kappa shape index (κ1) is 15.2. The number of aromatic hydroxyl groups is 1. The molecule has 0 unspecified atom stereocenters. The molecule has 0 radical (unpaired) electrons. The van der Waals surface area contributed by atoms with Crippen molar-refractivity contribution in [2.75, 3.05) is 6.61 Å². The molecule has 0 aliphatic rings. The monoisotopic (exact) mass is 310 g/mol. The summed E-state index contributed by atoms with van der Waals surface area (Å²) in [6.45, 7) is 6.28. The lowest BCUT2D eigenvalue weighted by Crippen LogP contribution is -2.04. The Morgan fingerprint density at radius 1 is 1.13 bits per heavy atom. The van der Waals surface area contributed by atoms with E-state index in [4.69, 9.17) is 9.15 Å². The largest absolute Gasteiger partial charge is 0.502 e. The van der Waals surface area contributed by atoms with Crippen LogP contribution in [0.25, 0.3) is 22.3 Å². The Hall–Kier alpha value is -2.75. The van der Waals surface area contributed by atoms with Crippen LogP contribution < -0.4 is 10.2 Å². The third-order valence-electron chi connectivity index (χ3n) is 3.73. The summed E-state index contributed by atoms with van der Waals surface area (Å²) in [5.74, 6) is 0.537. The van der Waals surface area contributed by atoms with E-state index < -0.39 is 5.43 Å². The molecule has 0 atom stereocenters. The molecule has 1 N–H and O–H groups in total. The maximum absolute atomic E-state index is 12.5. The summed E-state index contributed by atoms with van der Waals surface area (Å²) in [7, 11) is 0. The van der Waals surface area contributed by atoms with Gasteiger partial charge in [0.05, 0.1) is 12.0 Å². The molecule has 0 saturated heterocycles. The van der Waals surface area contributed by atoms with Gasteiger partial charge in [-0.15, -0.1) is 0 Å². The number of hydrogen-bond donors (Lipinski definition) is 1. The maximum Gasteiger partial charge on any atom is 0.235 e. The fourth-order valence-corrected chi connectivity index (χ4v) is 2.70. The van der Waals surface area contributed by atoms with Crippen LogP contribution in [0.4, 0.5) is 0 Å². The zero-order valence-electron chi connectivity index (χ0n) is 13.3. The van der Waals surface area contributed by atoms with Gasteiger partial charge in [-0.3, -0.25) is 4.79 Å². The first-order valence-electron chi connectivity index (χ1n) is 7.51. The van der Waals surface area contributed by atoms with Crippen LogP contribution in [0.1, 0.15) is 18.1 Å². The van der Waals surface area contributed by atoms with Crippen molar-refractivity contribution < 1.29 is 14.3 Å². The molecule has 3 rings (SSSR count). The summed E-state index contributed by atoms with van der Waals surface area (Å²) < 4.78 is 11.3. The van der Waals surface area contributed by atoms with Crippen molar-refractivity contribution in [3.8, 4) is 22.8 Å². The molecular formula is C19H18O4. The second kappa shape index (κ2) is 5.80. The second-order valence-electron chi connectivity index (χ2n) is 5.52. The lowest BCUT2D eigenvalue weighted by molar-refractivity contribution is 0.340. The molecule has 23 heavy (non-hydrogen) atoms. The van der Waals surface area contributed by atoms with Crippen LogP contribution in [-0.4, -0.2) is 11.7 Å². The number of benzene rings is 2. The Labute approximate surface area is 134 Å². The van der Waals surface area contributed by atoms with Gasteiger partial charge in [-0.2, -0.15) is 0 Å². The molecule has 0 spiro atoms. The molecule has 4 heteroatoms. The van der Waals surface area contributed by atoms with E-state index in [1.54, 1.807) is 30.3 Å². The van der Waals surface area contributed by atoms with E-state index in [0.717, 1.165) is 16.9 Å². The highest BCUT2D eigenvalue weighted by atomic mass is 16.5. The first-order valence-corrected chi connectivity index (χ1v) is 7.51. The number of ether oxygens (including phenoxy) is 1. The van der Waals surface area contributed by atoms with Gasteiger partial charge in [0.15, 0.2) is 5.76 Å². The molecule has 3 aromatic rings. The van der Waals surface area contributed by atoms with Crippen molar-refractivity contribution in [1.29, 1.82) is 0 Å². The molecular weight excluding hydrogens is 292 g/mol. The summed E-state index contributed by atoms with van der Waals surface area (Å²) >= 11 is 0. The molecule has 0 saturated carbocycles. The predicted molar refractivity (Wildman–Crippen MR) is 90.2 cm³/mol. The average molecular weight is 310 g/mol. The maximum atomic E-state index is 12.5. The summed E-state index contributed by atoms with van der Waals surface area (Å²) in [5, 5.41) is 10.7. The van der Waals surface area contributed by atoms with Crippen molar-refractivity contribution in [3.63, 3.8) is 0 Å². The van der Waals surface area contributed by atoms with E-state index >= 15 is 0 Å². The standard InChI is InChI=1S/C19H18O4/c1-4-22-14-7-5-13(6-8-14)19-17(21)16(20)15-10-11(2)9-12(3)18(15)23-19/h5-10,21H,4H2,1-3H3. The highest BCUT2D eigenvalue weighted by molar-refractivity contribution is 5.84. The van der Waals surface area contributed by atoms with Gasteiger partial charge in [-0.05, 0) is 62.2 Å². The molecule has 1 heterocycles. The topological polar surface area (TPSA) is 59.7 Å². The van der Waals surface area contributed by atoms with Crippen LogP contribution in [0.15, 0.2) is 45.6 Å². The highest BCUT2D eigenvalue weighted by Gasteiger charge is 2.16. The molecule has 118 valence electrons. The lowest BCUT2D eigenvalue weighted by atomic mass is 10.1. The summed E-state index contributed by atoms with van der Waals surface area (Å²) in [5.41, 5.74) is 2.54. The van der Waals surface area contributed by atoms with Gasteiger partial charge in [-0.25, -0.2) is 0 Å². The predicted octanol–water partition coefficient (Wildman–Crippen LogP) is 4.18. The molecule has 2 aromatic carbocycles. The van der Waals surface area contributed by atoms with Gasteiger partial charge >= 0.3 is 0 Å². The zero-order valence-corrected chi connectivity index (χ0v) is 13.3. The Morgan fingerprint density at radius 2 is 1.83 bits per heavy atom. The van der Waals surface area contributed by atoms with Crippen molar-refractivity contribution in [1.82, 2.24) is 0 Å². The van der Waals surface area contributed by atoms with Gasteiger partial charge in [0.1, 0.15) is 11.3 Å². The van der Waals surface area contributed by atoms with Gasteiger partial charge in [-0.1, -0.05) is 6.07 Å². The fourth-order valence-electron chi connectivity index (χ4n) is 2.70. The summed E-state index contributed by atoms with van der Waals surface area (Å²) in [6.07, 6.45) is 0. The van der Waals surface area contributed by atoms with Gasteiger partial charge in [0.2, 0.25) is 11.2 Å². The summed E-state index contributed by atoms with van der Waals surface area (Å²) in [6, 6.07) is 10.8. The molecule has 0 amide bonds. The average Bonchev–Trinajstić information content (AvgIpc) is 2.53. The van der Waals surface area contributed by atoms with Crippen molar-refractivity contribution >= 4 is 11.0 Å². The highest BCUT2D eigenvalue weighted by Crippen LogP contribution is 2.32. The molecule has 0 bridgehead atoms. The van der Waals surface area contributed by atoms with E-state index in [-0.39, 0.29) is 11.5 Å². The Balaban J connectivity index is 2.22. The molecule has 0 aliphatic heterocycles. The quantitative estimate of drug-likeness (QED) is 0.788. The van der Waals surface area contributed by atoms with E-state index in [1.165, 1.54) is 0 Å². The van der Waals surface area contributed by atoms with Crippen LogP contribution in [0.5, 0.6) is 11.5 Å². The number of fused-ring (bicyclic) bond motifs is 1. The number of hydrogen-bond acceptors (Lipinski definition) is 4. The zero-order chi connectivity index (χ0) is 16.6. The Kier molecular flexibility index (Phi) is 3.82. The van der Waals surface area contributed by atoms with Crippen LogP contribution in [0, 0.1) is 13.8 Å². The fraction of sp³-hybridized carbons (Fsp3) is 0.211. The van der Waals surface area contributed by atoms with Crippen LogP contribution in [0.3, 0.4) is 0 Å². The van der Waals surface area contributed by atoms with Gasteiger partial charge in [0.25, 0.3) is 0 Å². The van der Waals surface area contributed by atoms with E-state index in [2.05, 4.69) is 0 Å². The molecule has 0 aliphatic carbocycles. The van der Waals surface area contributed by atoms with E-state index in [0.29, 0.717) is 23.1 Å². The summed E-state index contributed by atoms with van der Waals surface area (Å²) in [4.78, 5) is 12.5. The smallest absolute Gasteiger partial charge is 0.235 e. The van der Waals surface area contributed by atoms with Crippen molar-refractivity contribution in [3.05, 3.63) is 57.7 Å². The van der Waals surface area contributed by atoms with E-state index in [1.807, 2.05) is 26.8 Å². The van der Waals surface area contributed by atoms with Crippen LogP contribution in [0.2, 0.25) is 0 Å². The normalized spacial score (nSPS) is 10.9. The minimum absolute atomic E-state index is 0.178. The van der Waals surface area contributed by atoms with Crippen molar-refractivity contribution in [2.24, 2.45) is 0 Å². The third-order valence-corrected chi connectivity index (χ3v) is 3.73. The van der Waals surface area contributed by atoms with Crippen LogP contribution >= 0.6 is 0 Å². The van der Waals surface area contributed by atoms with Crippen LogP contribution in [-0.2, 0) is 0 Å². The SMILES string of the molecule is CCOc1ccc(-c2oc3c(C)cc(C)cc3c(=O)c2O)cc1. The lowest BCUT2D eigenvalue weighted by Gasteiger charge is -2.09. The Morgan fingerprint density at radius 3 is 2.48 bits per heavy atom. The first-order chi connectivity index (χ1) is 11.0. The molecule has 1 aromatic heterocycles. The molecule has 0 fully saturated rings. The second-order valence-corrected chi connectivity index (χ2v) is 5.52. The van der Waals surface area contributed by atoms with E-state index in [9.17, 15) is 9.90 Å². The van der Waals surface area contributed by atoms with Gasteiger partial charge < -0.3 is 14.3 Å². The van der Waals surface area contributed by atoms with Crippen molar-refractivity contribution in [2.45, 2.75) is 20.8 Å². The Bertz CT molecular complexity index is 921.